The molecule has 0 aliphatic heterocycles. The van der Waals surface area contributed by atoms with E-state index < -0.39 is 4.92 Å². The molecule has 0 radical (unpaired) electrons. The van der Waals surface area contributed by atoms with Crippen molar-refractivity contribution in [1.29, 1.82) is 0 Å². The van der Waals surface area contributed by atoms with Crippen molar-refractivity contribution in [3.63, 3.8) is 0 Å². The van der Waals surface area contributed by atoms with Crippen LogP contribution < -0.4 is 4.74 Å². The molecule has 0 aliphatic carbocycles. The lowest BCUT2D eigenvalue weighted by atomic mass is 10.2. The van der Waals surface area contributed by atoms with E-state index in [9.17, 15) is 10.1 Å². The van der Waals surface area contributed by atoms with E-state index in [4.69, 9.17) is 17.0 Å². The molecule has 0 aromatic heterocycles. The van der Waals surface area contributed by atoms with Crippen molar-refractivity contribution in [2.24, 2.45) is 4.99 Å². The number of nitro groups is 1. The minimum atomic E-state index is -0.451. The van der Waals surface area contributed by atoms with Gasteiger partial charge in [-0.1, -0.05) is 29.9 Å². The van der Waals surface area contributed by atoms with Crippen molar-refractivity contribution in [3.8, 4) is 5.75 Å². The Balaban J connectivity index is 2.27. The lowest BCUT2D eigenvalue weighted by Crippen LogP contribution is -2.19. The van der Waals surface area contributed by atoms with E-state index in [0.29, 0.717) is 21.0 Å². The van der Waals surface area contributed by atoms with Gasteiger partial charge >= 0.3 is 0 Å². The number of nitro benzene ring substituents is 1. The first-order valence-corrected chi connectivity index (χ1v) is 8.54. The van der Waals surface area contributed by atoms with Crippen LogP contribution in [0.2, 0.25) is 0 Å². The van der Waals surface area contributed by atoms with E-state index >= 15 is 0 Å². The number of non-ortho nitro benzene ring substituents is 1. The molecule has 0 amide bonds. The van der Waals surface area contributed by atoms with Gasteiger partial charge in [-0.25, -0.2) is 4.99 Å². The van der Waals surface area contributed by atoms with Crippen LogP contribution in [0.3, 0.4) is 0 Å². The van der Waals surface area contributed by atoms with E-state index in [0.717, 1.165) is 5.56 Å². The number of aryl methyl sites for hydroxylation is 1. The molecule has 0 fully saturated rings. The zero-order chi connectivity index (χ0) is 18.4. The summed E-state index contributed by atoms with van der Waals surface area (Å²) in [5, 5.41) is 11.1. The molecule has 0 unspecified atom stereocenters. The molecule has 2 rings (SSSR count). The molecular formula is C17H17N3O3S2. The van der Waals surface area contributed by atoms with Crippen LogP contribution in [-0.4, -0.2) is 33.5 Å². The van der Waals surface area contributed by atoms with E-state index in [2.05, 4.69) is 4.99 Å². The van der Waals surface area contributed by atoms with Gasteiger partial charge in [-0.15, -0.1) is 0 Å². The number of hydrogen-bond donors (Lipinski definition) is 0. The number of thioether (sulfide) groups is 1. The lowest BCUT2D eigenvalue weighted by molar-refractivity contribution is -0.384. The average molecular weight is 375 g/mol. The zero-order valence-corrected chi connectivity index (χ0v) is 15.6. The Bertz CT molecular complexity index is 788. The Labute approximate surface area is 155 Å². The molecule has 0 heterocycles. The van der Waals surface area contributed by atoms with Crippen LogP contribution in [0.4, 0.5) is 11.4 Å². The molecular weight excluding hydrogens is 358 g/mol. The van der Waals surface area contributed by atoms with Gasteiger partial charge in [0.1, 0.15) is 10.1 Å². The molecule has 2 aromatic carbocycles. The van der Waals surface area contributed by atoms with Gasteiger partial charge in [0.15, 0.2) is 0 Å². The SMILES string of the molecule is Cc1ccc(OC(=Nc2ccc([N+](=O)[O-])cc2)SC(=S)N(C)C)cc1. The largest absolute Gasteiger partial charge is 0.433 e. The summed E-state index contributed by atoms with van der Waals surface area (Å²) < 4.78 is 6.43. The fraction of sp³-hybridized carbons (Fsp3) is 0.176. The number of rotatable bonds is 3. The number of thiocarbonyl (C=S) groups is 1. The number of benzene rings is 2. The maximum absolute atomic E-state index is 10.7. The average Bonchev–Trinajstić information content (AvgIpc) is 2.57. The van der Waals surface area contributed by atoms with Gasteiger partial charge < -0.3 is 9.64 Å². The Kier molecular flexibility index (Phi) is 6.49. The number of aliphatic imine (C=N–C) groups is 1. The van der Waals surface area contributed by atoms with Crippen molar-refractivity contribution in [2.75, 3.05) is 14.1 Å². The monoisotopic (exact) mass is 375 g/mol. The smallest absolute Gasteiger partial charge is 0.269 e. The zero-order valence-electron chi connectivity index (χ0n) is 14.0. The summed E-state index contributed by atoms with van der Waals surface area (Å²) in [6.45, 7) is 1.99. The molecule has 8 heteroatoms. The molecule has 25 heavy (non-hydrogen) atoms. The highest BCUT2D eigenvalue weighted by Crippen LogP contribution is 2.23. The summed E-state index contributed by atoms with van der Waals surface area (Å²) in [6.07, 6.45) is 0. The van der Waals surface area contributed by atoms with E-state index in [-0.39, 0.29) is 5.69 Å². The second-order valence-corrected chi connectivity index (χ2v) is 6.91. The fourth-order valence-corrected chi connectivity index (χ4v) is 2.53. The van der Waals surface area contributed by atoms with Gasteiger partial charge in [-0.2, -0.15) is 0 Å². The minimum absolute atomic E-state index is 0.0106. The van der Waals surface area contributed by atoms with Crippen LogP contribution in [0.25, 0.3) is 0 Å². The molecule has 0 saturated carbocycles. The first-order chi connectivity index (χ1) is 11.8. The molecule has 0 spiro atoms. The fourth-order valence-electron chi connectivity index (χ4n) is 1.69. The van der Waals surface area contributed by atoms with Gasteiger partial charge in [0.25, 0.3) is 10.9 Å². The van der Waals surface area contributed by atoms with E-state index in [1.54, 1.807) is 17.0 Å². The maximum Gasteiger partial charge on any atom is 0.269 e. The summed E-state index contributed by atoms with van der Waals surface area (Å²) in [6, 6.07) is 13.5. The lowest BCUT2D eigenvalue weighted by Gasteiger charge is -2.14. The summed E-state index contributed by atoms with van der Waals surface area (Å²) in [5.74, 6) is 0.639. The van der Waals surface area contributed by atoms with Gasteiger partial charge in [-0.3, -0.25) is 10.1 Å². The second-order valence-electron chi connectivity index (χ2n) is 5.33. The highest BCUT2D eigenvalue weighted by atomic mass is 32.2. The van der Waals surface area contributed by atoms with Gasteiger partial charge in [0.2, 0.25) is 0 Å². The first kappa shape index (κ1) is 18.9. The van der Waals surface area contributed by atoms with Gasteiger partial charge in [-0.05, 0) is 43.0 Å². The number of nitrogens with zero attached hydrogens (tertiary/aromatic N) is 3. The van der Waals surface area contributed by atoms with Crippen LogP contribution in [-0.2, 0) is 0 Å². The van der Waals surface area contributed by atoms with Gasteiger partial charge in [0, 0.05) is 26.2 Å². The Morgan fingerprint density at radius 1 is 1.16 bits per heavy atom. The highest BCUT2D eigenvalue weighted by Gasteiger charge is 2.11. The molecule has 0 N–H and O–H groups in total. The molecule has 0 bridgehead atoms. The predicted molar refractivity (Wildman–Crippen MR) is 106 cm³/mol. The maximum atomic E-state index is 10.7. The summed E-state index contributed by atoms with van der Waals surface area (Å²) in [5.41, 5.74) is 1.68. The van der Waals surface area contributed by atoms with Crippen LogP contribution in [0, 0.1) is 17.0 Å². The molecule has 2 aromatic rings. The molecule has 0 saturated heterocycles. The standard InChI is InChI=1S/C17H17N3O3S2/c1-12-4-10-15(11-5-12)23-16(25-17(24)19(2)3)18-13-6-8-14(9-7-13)20(21)22/h4-11H,1-3H3. The first-order valence-electron chi connectivity index (χ1n) is 7.32. The van der Waals surface area contributed by atoms with Crippen molar-refractivity contribution < 1.29 is 9.66 Å². The van der Waals surface area contributed by atoms with Crippen LogP contribution in [0.1, 0.15) is 5.56 Å². The second kappa shape index (κ2) is 8.59. The third-order valence-corrected chi connectivity index (χ3v) is 4.55. The normalized spacial score (nSPS) is 11.1. The number of hydrogen-bond acceptors (Lipinski definition) is 6. The third kappa shape index (κ3) is 5.84. The summed E-state index contributed by atoms with van der Waals surface area (Å²) in [7, 11) is 3.68. The van der Waals surface area contributed by atoms with E-state index in [1.165, 1.54) is 23.9 Å². The topological polar surface area (TPSA) is 68.0 Å². The minimum Gasteiger partial charge on any atom is -0.433 e. The predicted octanol–water partition coefficient (Wildman–Crippen LogP) is 4.55. The van der Waals surface area contributed by atoms with Crippen molar-refractivity contribution >= 4 is 44.9 Å². The van der Waals surface area contributed by atoms with Crippen molar-refractivity contribution in [2.45, 2.75) is 6.92 Å². The summed E-state index contributed by atoms with van der Waals surface area (Å²) >= 11 is 6.51. The molecule has 0 aliphatic rings. The van der Waals surface area contributed by atoms with Crippen LogP contribution >= 0.6 is 24.0 Å². The molecule has 6 nitrogen and oxygen atoms in total. The van der Waals surface area contributed by atoms with Crippen molar-refractivity contribution in [3.05, 3.63) is 64.2 Å². The molecule has 0 atom stereocenters. The number of ether oxygens (including phenoxy) is 1. The third-order valence-electron chi connectivity index (χ3n) is 3.05. The molecule has 130 valence electrons. The van der Waals surface area contributed by atoms with Crippen molar-refractivity contribution in [1.82, 2.24) is 4.90 Å². The van der Waals surface area contributed by atoms with Crippen LogP contribution in [0.15, 0.2) is 53.5 Å². The Morgan fingerprint density at radius 2 is 1.76 bits per heavy atom. The van der Waals surface area contributed by atoms with E-state index in [1.807, 2.05) is 45.3 Å². The summed E-state index contributed by atoms with van der Waals surface area (Å²) in [4.78, 5) is 16.5. The quantitative estimate of drug-likeness (QED) is 0.258. The Hall–Kier alpha value is -2.45. The van der Waals surface area contributed by atoms with Gasteiger partial charge in [0.05, 0.1) is 10.6 Å². The Morgan fingerprint density at radius 3 is 2.28 bits per heavy atom. The van der Waals surface area contributed by atoms with Crippen LogP contribution in [0.5, 0.6) is 5.75 Å². The highest BCUT2D eigenvalue weighted by molar-refractivity contribution is 8.32.